The molecule has 1 saturated carbocycles. The van der Waals surface area contributed by atoms with Crippen LogP contribution in [0.3, 0.4) is 0 Å². The molecule has 340 valence electrons. The molecule has 0 spiro atoms. The third kappa shape index (κ3) is 8.28. The molecule has 5 aromatic heterocycles. The lowest BCUT2D eigenvalue weighted by atomic mass is 9.91. The summed E-state index contributed by atoms with van der Waals surface area (Å²) < 4.78 is 22.4. The van der Waals surface area contributed by atoms with Crippen LogP contribution in [0.15, 0.2) is 77.0 Å². The summed E-state index contributed by atoms with van der Waals surface area (Å²) in [6, 6.07) is 15.0. The highest BCUT2D eigenvalue weighted by Gasteiger charge is 2.44. The summed E-state index contributed by atoms with van der Waals surface area (Å²) in [5.41, 5.74) is 9.12. The topological polar surface area (TPSA) is 189 Å². The van der Waals surface area contributed by atoms with Crippen molar-refractivity contribution < 1.29 is 28.7 Å². The summed E-state index contributed by atoms with van der Waals surface area (Å²) >= 11 is 7.67. The first-order chi connectivity index (χ1) is 31.8. The maximum absolute atomic E-state index is 14.3. The number of benzene rings is 2. The van der Waals surface area contributed by atoms with Crippen molar-refractivity contribution in [3.63, 3.8) is 0 Å². The van der Waals surface area contributed by atoms with Crippen LogP contribution in [0.2, 0.25) is 5.02 Å². The smallest absolute Gasteiger partial charge is 0.243 e. The molecule has 18 heteroatoms. The Kier molecular flexibility index (Phi) is 11.6. The summed E-state index contributed by atoms with van der Waals surface area (Å²) in [7, 11) is 0. The number of aliphatic hydroxyl groups excluding tert-OH is 1. The van der Waals surface area contributed by atoms with E-state index in [-0.39, 0.29) is 59.0 Å². The predicted molar refractivity (Wildman–Crippen MR) is 248 cm³/mol. The first kappa shape index (κ1) is 43.6. The highest BCUT2D eigenvalue weighted by molar-refractivity contribution is 7.13. The molecule has 0 bridgehead atoms. The summed E-state index contributed by atoms with van der Waals surface area (Å²) in [6.45, 7) is 9.15. The number of carbonyl (C=O) groups excluding carboxylic acids is 2. The van der Waals surface area contributed by atoms with Crippen LogP contribution in [0.5, 0.6) is 5.75 Å². The fourth-order valence-electron chi connectivity index (χ4n) is 9.47. The van der Waals surface area contributed by atoms with E-state index in [0.717, 1.165) is 70.3 Å². The average molecular weight is 931 g/mol. The van der Waals surface area contributed by atoms with E-state index < -0.39 is 23.9 Å². The van der Waals surface area contributed by atoms with Crippen molar-refractivity contribution in [1.29, 1.82) is 0 Å². The van der Waals surface area contributed by atoms with Gasteiger partial charge in [-0.25, -0.2) is 19.3 Å². The Morgan fingerprint density at radius 2 is 1.73 bits per heavy atom. The zero-order valence-corrected chi connectivity index (χ0v) is 38.3. The molecule has 15 nitrogen and oxygen atoms in total. The van der Waals surface area contributed by atoms with Crippen molar-refractivity contribution in [1.82, 2.24) is 45.1 Å². The van der Waals surface area contributed by atoms with Gasteiger partial charge in [0.15, 0.2) is 0 Å². The molecule has 2 aromatic carbocycles. The molecule has 3 fully saturated rings. The second kappa shape index (κ2) is 17.5. The summed E-state index contributed by atoms with van der Waals surface area (Å²) in [4.78, 5) is 46.6. The van der Waals surface area contributed by atoms with Gasteiger partial charge >= 0.3 is 0 Å². The first-order valence-electron chi connectivity index (χ1n) is 22.2. The minimum atomic E-state index is -0.857. The minimum absolute atomic E-state index is 0.0284. The maximum atomic E-state index is 14.3. The van der Waals surface area contributed by atoms with Crippen LogP contribution >= 0.6 is 22.9 Å². The van der Waals surface area contributed by atoms with Gasteiger partial charge < -0.3 is 34.4 Å². The number of hydrogen-bond acceptors (Lipinski definition) is 13. The minimum Gasteiger partial charge on any atom is -0.506 e. The Morgan fingerprint density at radius 1 is 0.955 bits per heavy atom. The SMILES string of the molecule is Cc1ncsc1-c1ccc([C@H](C)NC(=O)[C@@H]2C[C@@H](O)CN2C(=O)C(c2cc(-c3cnc(N4CC[C@@H](c5cc6nnc(-c7cc(F)cc(Cl)c7O)cc6n5C5CC5)C4)nc3)no2)C(C)C)cc1. The number of phenols is 1. The number of hydrogen-bond donors (Lipinski definition) is 3. The van der Waals surface area contributed by atoms with Crippen molar-refractivity contribution in [3.05, 3.63) is 106 Å². The molecule has 2 aliphatic heterocycles. The van der Waals surface area contributed by atoms with E-state index in [2.05, 4.69) is 41.2 Å². The third-order valence-corrected chi connectivity index (χ3v) is 14.3. The quantitative estimate of drug-likeness (QED) is 0.106. The van der Waals surface area contributed by atoms with Crippen LogP contribution in [0.25, 0.3) is 44.0 Å². The maximum Gasteiger partial charge on any atom is 0.243 e. The second-order valence-corrected chi connectivity index (χ2v) is 19.3. The van der Waals surface area contributed by atoms with Gasteiger partial charge in [0.1, 0.15) is 40.5 Å². The van der Waals surface area contributed by atoms with Gasteiger partial charge in [-0.2, -0.15) is 0 Å². The van der Waals surface area contributed by atoms with Gasteiger partial charge in [-0.3, -0.25) is 9.59 Å². The molecule has 1 aliphatic carbocycles. The summed E-state index contributed by atoms with van der Waals surface area (Å²) in [5.74, 6) is -1.35. The Labute approximate surface area is 388 Å². The number of rotatable bonds is 12. The van der Waals surface area contributed by atoms with E-state index in [4.69, 9.17) is 26.1 Å². The lowest BCUT2D eigenvalue weighted by Crippen LogP contribution is -2.48. The molecule has 0 radical (unpaired) electrons. The van der Waals surface area contributed by atoms with E-state index in [9.17, 15) is 24.2 Å². The molecule has 7 heterocycles. The number of aromatic nitrogens is 7. The molecular formula is C48H48ClFN10O5S. The standard InChI is InChI=1S/C48H48ClFN10O5S/c1-24(2)43(47(64)59-22-33(61)15-41(59)46(63)54-25(3)27-5-7-28(8-6-27)45-26(4)53-23-66-45)42-18-36(57-65-42)30-19-51-48(52-20-30)58-12-11-29(21-58)39-17-38-40(60(39)32-9-10-32)16-37(55-56-38)34-13-31(50)14-35(49)44(34)62/h5-8,13-14,16-20,23-25,29,32-33,41,43,61-62H,9-12,15,21-22H2,1-4H3,(H,54,63)/t25-,29+,33+,41-,43?/m0/s1. The van der Waals surface area contributed by atoms with Crippen molar-refractivity contribution in [2.24, 2.45) is 5.92 Å². The molecule has 2 saturated heterocycles. The number of halogens is 2. The number of amides is 2. The fraction of sp³-hybridized carbons (Fsp3) is 0.375. The van der Waals surface area contributed by atoms with Crippen LogP contribution in [0, 0.1) is 18.7 Å². The number of aliphatic hydroxyl groups is 1. The average Bonchev–Trinajstić information content (AvgIpc) is 3.82. The molecule has 5 atom stereocenters. The molecule has 10 rings (SSSR count). The molecule has 66 heavy (non-hydrogen) atoms. The Bertz CT molecular complexity index is 2950. The number of nitrogens with zero attached hydrogens (tertiary/aromatic N) is 9. The van der Waals surface area contributed by atoms with Crippen LogP contribution in [-0.2, 0) is 9.59 Å². The highest BCUT2D eigenvalue weighted by atomic mass is 35.5. The van der Waals surface area contributed by atoms with Crippen molar-refractivity contribution >= 4 is 51.7 Å². The van der Waals surface area contributed by atoms with Crippen LogP contribution in [-0.4, -0.2) is 93.6 Å². The van der Waals surface area contributed by atoms with Gasteiger partial charge in [0.25, 0.3) is 0 Å². The van der Waals surface area contributed by atoms with E-state index in [1.54, 1.807) is 29.8 Å². The van der Waals surface area contributed by atoms with Crippen molar-refractivity contribution in [2.75, 3.05) is 24.5 Å². The Morgan fingerprint density at radius 3 is 2.44 bits per heavy atom. The van der Waals surface area contributed by atoms with E-state index in [1.807, 2.05) is 63.5 Å². The molecule has 2 amide bonds. The zero-order chi connectivity index (χ0) is 46.0. The number of aromatic hydroxyl groups is 1. The van der Waals surface area contributed by atoms with Gasteiger partial charge in [-0.05, 0) is 74.4 Å². The number of aryl methyl sites for hydroxylation is 1. The fourth-order valence-corrected chi connectivity index (χ4v) is 10.5. The number of β-amino-alcohol motifs (C(OH)–C–C–N with tert-alkyl or cyclic N) is 1. The number of nitrogens with one attached hydrogen (secondary N) is 1. The molecule has 7 aromatic rings. The number of likely N-dealkylation sites (tertiary alicyclic amines) is 1. The molecule has 3 N–H and O–H groups in total. The van der Waals surface area contributed by atoms with Gasteiger partial charge in [0.2, 0.25) is 17.8 Å². The summed E-state index contributed by atoms with van der Waals surface area (Å²) in [5, 5.41) is 37.5. The second-order valence-electron chi connectivity index (χ2n) is 18.0. The largest absolute Gasteiger partial charge is 0.506 e. The predicted octanol–water partition coefficient (Wildman–Crippen LogP) is 8.38. The van der Waals surface area contributed by atoms with Gasteiger partial charge in [0, 0.05) is 73.3 Å². The van der Waals surface area contributed by atoms with Crippen LogP contribution in [0.1, 0.15) is 93.1 Å². The number of carbonyl (C=O) groups is 2. The van der Waals surface area contributed by atoms with Crippen molar-refractivity contribution in [2.45, 2.75) is 89.4 Å². The Balaban J connectivity index is 0.810. The summed E-state index contributed by atoms with van der Waals surface area (Å²) in [6.07, 6.45) is 5.60. The van der Waals surface area contributed by atoms with E-state index in [1.165, 1.54) is 11.0 Å². The highest BCUT2D eigenvalue weighted by Crippen LogP contribution is 2.44. The van der Waals surface area contributed by atoms with Gasteiger partial charge in [-0.15, -0.1) is 21.5 Å². The lowest BCUT2D eigenvalue weighted by Gasteiger charge is -2.29. The number of anilines is 1. The molecule has 3 aliphatic rings. The van der Waals surface area contributed by atoms with Gasteiger partial charge in [-0.1, -0.05) is 54.9 Å². The number of phenolic OH excluding ortho intramolecular Hbond substituents is 1. The third-order valence-electron chi connectivity index (χ3n) is 13.1. The first-order valence-corrected chi connectivity index (χ1v) is 23.5. The Hall–Kier alpha value is -6.30. The lowest BCUT2D eigenvalue weighted by molar-refractivity contribution is -0.141. The monoisotopic (exact) mass is 930 g/mol. The zero-order valence-electron chi connectivity index (χ0n) is 36.7. The van der Waals surface area contributed by atoms with Gasteiger partial charge in [0.05, 0.1) is 44.5 Å². The number of thiazole rings is 1. The molecule has 1 unspecified atom stereocenters. The van der Waals surface area contributed by atoms with E-state index in [0.29, 0.717) is 41.2 Å². The number of fused-ring (bicyclic) bond motifs is 1. The van der Waals surface area contributed by atoms with Crippen LogP contribution in [0.4, 0.5) is 10.3 Å². The molecular weight excluding hydrogens is 883 g/mol. The van der Waals surface area contributed by atoms with Crippen LogP contribution < -0.4 is 10.2 Å². The van der Waals surface area contributed by atoms with Crippen molar-refractivity contribution in [3.8, 4) is 38.7 Å². The van der Waals surface area contributed by atoms with E-state index >= 15 is 0 Å². The normalized spacial score (nSPS) is 19.5.